The summed E-state index contributed by atoms with van der Waals surface area (Å²) in [5.74, 6) is -1.62. The second-order valence-electron chi connectivity index (χ2n) is 2.74. The Hall–Kier alpha value is -0.900. The lowest BCUT2D eigenvalue weighted by Crippen LogP contribution is -2.38. The summed E-state index contributed by atoms with van der Waals surface area (Å²) in [5, 5.41) is 8.36. The topological polar surface area (TPSA) is 80.4 Å². The number of nitrogens with two attached hydrogens (primary N) is 1. The predicted molar refractivity (Wildman–Crippen MR) is 44.8 cm³/mol. The summed E-state index contributed by atoms with van der Waals surface area (Å²) in [6, 6.07) is -1.33. The summed E-state index contributed by atoms with van der Waals surface area (Å²) in [7, 11) is 0. The highest BCUT2D eigenvalue weighted by Gasteiger charge is 2.19. The lowest BCUT2D eigenvalue weighted by Gasteiger charge is -2.03. The van der Waals surface area contributed by atoms with Crippen molar-refractivity contribution in [2.75, 3.05) is 0 Å². The molecule has 70 valence electrons. The molecule has 3 N–H and O–H groups in total. The summed E-state index contributed by atoms with van der Waals surface area (Å²) in [6.07, 6.45) is 2.96. The number of carboxylic acids is 1. The van der Waals surface area contributed by atoms with Crippen molar-refractivity contribution >= 4 is 11.8 Å². The molecule has 0 heterocycles. The van der Waals surface area contributed by atoms with E-state index in [2.05, 4.69) is 0 Å². The van der Waals surface area contributed by atoms with Crippen LogP contribution in [-0.4, -0.2) is 22.9 Å². The van der Waals surface area contributed by atoms with Gasteiger partial charge in [-0.05, 0) is 6.42 Å². The SMILES string of the molecule is CCCCCC(=O)C(N)C(=O)O. The average molecular weight is 173 g/mol. The molecule has 0 amide bonds. The van der Waals surface area contributed by atoms with Gasteiger partial charge in [-0.1, -0.05) is 19.8 Å². The van der Waals surface area contributed by atoms with Crippen molar-refractivity contribution in [2.45, 2.75) is 38.6 Å². The molecule has 4 heteroatoms. The Balaban J connectivity index is 3.65. The number of rotatable bonds is 6. The average Bonchev–Trinajstić information content (AvgIpc) is 2.03. The van der Waals surface area contributed by atoms with Crippen LogP contribution in [0.1, 0.15) is 32.6 Å². The summed E-state index contributed by atoms with van der Waals surface area (Å²) in [6.45, 7) is 2.02. The minimum atomic E-state index is -1.33. The van der Waals surface area contributed by atoms with Gasteiger partial charge in [-0.15, -0.1) is 0 Å². The third-order valence-corrected chi connectivity index (χ3v) is 1.64. The van der Waals surface area contributed by atoms with Crippen molar-refractivity contribution in [2.24, 2.45) is 5.73 Å². The van der Waals surface area contributed by atoms with Gasteiger partial charge in [0.15, 0.2) is 11.8 Å². The fourth-order valence-corrected chi connectivity index (χ4v) is 0.842. The molecule has 0 aliphatic carbocycles. The van der Waals surface area contributed by atoms with Crippen LogP contribution in [0.25, 0.3) is 0 Å². The first-order valence-corrected chi connectivity index (χ1v) is 4.10. The van der Waals surface area contributed by atoms with Gasteiger partial charge in [-0.25, -0.2) is 0 Å². The molecule has 0 spiro atoms. The molecular weight excluding hydrogens is 158 g/mol. The van der Waals surface area contributed by atoms with Crippen LogP contribution in [0.15, 0.2) is 0 Å². The number of carboxylic acid groups (broad SMARTS) is 1. The molecule has 0 radical (unpaired) electrons. The highest BCUT2D eigenvalue weighted by molar-refractivity contribution is 6.01. The molecule has 0 bridgehead atoms. The van der Waals surface area contributed by atoms with Crippen molar-refractivity contribution in [1.29, 1.82) is 0 Å². The van der Waals surface area contributed by atoms with E-state index in [9.17, 15) is 9.59 Å². The van der Waals surface area contributed by atoms with Gasteiger partial charge in [-0.2, -0.15) is 0 Å². The number of Topliss-reactive ketones (excluding diaryl/α,β-unsaturated/α-hetero) is 1. The van der Waals surface area contributed by atoms with Crippen molar-refractivity contribution in [1.82, 2.24) is 0 Å². The van der Waals surface area contributed by atoms with E-state index in [0.29, 0.717) is 0 Å². The van der Waals surface area contributed by atoms with E-state index in [1.165, 1.54) is 0 Å². The van der Waals surface area contributed by atoms with Gasteiger partial charge in [0.25, 0.3) is 0 Å². The maximum atomic E-state index is 11.0. The van der Waals surface area contributed by atoms with Crippen LogP contribution in [-0.2, 0) is 9.59 Å². The molecule has 0 fully saturated rings. The highest BCUT2D eigenvalue weighted by Crippen LogP contribution is 2.01. The molecule has 0 saturated heterocycles. The van der Waals surface area contributed by atoms with E-state index in [1.54, 1.807) is 0 Å². The Morgan fingerprint density at radius 2 is 2.00 bits per heavy atom. The standard InChI is InChI=1S/C8H15NO3/c1-2-3-4-5-6(10)7(9)8(11)12/h7H,2-5,9H2,1H3,(H,11,12). The van der Waals surface area contributed by atoms with Crippen molar-refractivity contribution < 1.29 is 14.7 Å². The van der Waals surface area contributed by atoms with Crippen LogP contribution in [0.2, 0.25) is 0 Å². The Morgan fingerprint density at radius 3 is 2.42 bits per heavy atom. The van der Waals surface area contributed by atoms with E-state index < -0.39 is 12.0 Å². The first-order valence-electron chi connectivity index (χ1n) is 4.10. The van der Waals surface area contributed by atoms with Crippen molar-refractivity contribution in [3.63, 3.8) is 0 Å². The second kappa shape index (κ2) is 5.71. The molecule has 0 rings (SSSR count). The summed E-state index contributed by atoms with van der Waals surface area (Å²) < 4.78 is 0. The fourth-order valence-electron chi connectivity index (χ4n) is 0.842. The molecule has 4 nitrogen and oxygen atoms in total. The van der Waals surface area contributed by atoms with Gasteiger partial charge in [0.05, 0.1) is 0 Å². The van der Waals surface area contributed by atoms with Crippen LogP contribution >= 0.6 is 0 Å². The van der Waals surface area contributed by atoms with Gasteiger partial charge >= 0.3 is 5.97 Å². The molecule has 0 aliphatic rings. The number of carbonyl (C=O) groups is 2. The van der Waals surface area contributed by atoms with E-state index in [1.807, 2.05) is 6.92 Å². The third kappa shape index (κ3) is 4.08. The zero-order valence-electron chi connectivity index (χ0n) is 7.25. The van der Waals surface area contributed by atoms with E-state index in [4.69, 9.17) is 10.8 Å². The van der Waals surface area contributed by atoms with Gasteiger partial charge in [-0.3, -0.25) is 9.59 Å². The quantitative estimate of drug-likeness (QED) is 0.454. The monoisotopic (exact) mass is 173 g/mol. The van der Waals surface area contributed by atoms with Crippen LogP contribution in [0.5, 0.6) is 0 Å². The molecule has 0 aromatic heterocycles. The number of ketones is 1. The number of carbonyl (C=O) groups excluding carboxylic acids is 1. The van der Waals surface area contributed by atoms with Crippen LogP contribution in [0.3, 0.4) is 0 Å². The number of hydrogen-bond acceptors (Lipinski definition) is 3. The lowest BCUT2D eigenvalue weighted by atomic mass is 10.1. The van der Waals surface area contributed by atoms with E-state index >= 15 is 0 Å². The summed E-state index contributed by atoms with van der Waals surface area (Å²) >= 11 is 0. The molecule has 12 heavy (non-hydrogen) atoms. The molecule has 0 aromatic carbocycles. The fraction of sp³-hybridized carbons (Fsp3) is 0.750. The zero-order chi connectivity index (χ0) is 9.56. The van der Waals surface area contributed by atoms with Crippen LogP contribution in [0.4, 0.5) is 0 Å². The zero-order valence-corrected chi connectivity index (χ0v) is 7.25. The summed E-state index contributed by atoms with van der Waals surface area (Å²) in [4.78, 5) is 21.2. The Kier molecular flexibility index (Phi) is 5.28. The third-order valence-electron chi connectivity index (χ3n) is 1.64. The minimum Gasteiger partial charge on any atom is -0.480 e. The molecule has 0 saturated carbocycles. The highest BCUT2D eigenvalue weighted by atomic mass is 16.4. The molecule has 0 aliphatic heterocycles. The number of unbranched alkanes of at least 4 members (excludes halogenated alkanes) is 2. The maximum Gasteiger partial charge on any atom is 0.328 e. The van der Waals surface area contributed by atoms with E-state index in [-0.39, 0.29) is 12.2 Å². The Labute approximate surface area is 71.8 Å². The Bertz CT molecular complexity index is 168. The number of hydrogen-bond donors (Lipinski definition) is 2. The molecule has 0 aromatic rings. The predicted octanol–water partition coefficient (Wildman–Crippen LogP) is 0.548. The number of aliphatic carboxylic acids is 1. The minimum absolute atomic E-state index is 0.279. The van der Waals surface area contributed by atoms with Gasteiger partial charge in [0.2, 0.25) is 0 Å². The van der Waals surface area contributed by atoms with Gasteiger partial charge < -0.3 is 10.8 Å². The first-order chi connectivity index (χ1) is 5.59. The second-order valence-corrected chi connectivity index (χ2v) is 2.74. The summed E-state index contributed by atoms with van der Waals surface area (Å²) in [5.41, 5.74) is 5.09. The van der Waals surface area contributed by atoms with Crippen molar-refractivity contribution in [3.05, 3.63) is 0 Å². The maximum absolute atomic E-state index is 11.0. The molecular formula is C8H15NO3. The van der Waals surface area contributed by atoms with Crippen molar-refractivity contribution in [3.8, 4) is 0 Å². The normalized spacial score (nSPS) is 12.5. The van der Waals surface area contributed by atoms with Gasteiger partial charge in [0, 0.05) is 6.42 Å². The van der Waals surface area contributed by atoms with Crippen LogP contribution in [0, 0.1) is 0 Å². The molecule has 1 unspecified atom stereocenters. The smallest absolute Gasteiger partial charge is 0.328 e. The van der Waals surface area contributed by atoms with Gasteiger partial charge in [0.1, 0.15) is 0 Å². The largest absolute Gasteiger partial charge is 0.480 e. The lowest BCUT2D eigenvalue weighted by molar-refractivity contribution is -0.142. The Morgan fingerprint density at radius 1 is 1.42 bits per heavy atom. The molecule has 1 atom stereocenters. The van der Waals surface area contributed by atoms with Crippen LogP contribution < -0.4 is 5.73 Å². The first kappa shape index (κ1) is 11.1. The van der Waals surface area contributed by atoms with E-state index in [0.717, 1.165) is 19.3 Å².